The van der Waals surface area contributed by atoms with E-state index in [1.54, 1.807) is 13.2 Å². The molecular weight excluding hydrogens is 368 g/mol. The molecule has 7 heteroatoms. The summed E-state index contributed by atoms with van der Waals surface area (Å²) in [5.41, 5.74) is 1.21. The van der Waals surface area contributed by atoms with Gasteiger partial charge in [0.15, 0.2) is 5.44 Å². The summed E-state index contributed by atoms with van der Waals surface area (Å²) in [4.78, 5) is 0. The molecule has 4 N–H and O–H groups in total. The second-order valence-electron chi connectivity index (χ2n) is 6.45. The molecule has 1 fully saturated rings. The van der Waals surface area contributed by atoms with E-state index in [4.69, 9.17) is 9.47 Å². The summed E-state index contributed by atoms with van der Waals surface area (Å²) in [6, 6.07) is 15.2. The van der Waals surface area contributed by atoms with Gasteiger partial charge < -0.3 is 29.9 Å². The second kappa shape index (κ2) is 8.95. The predicted octanol–water partition coefficient (Wildman–Crippen LogP) is 1.18. The minimum Gasteiger partial charge on any atom is -0.497 e. The smallest absolute Gasteiger partial charge is 0.173 e. The van der Waals surface area contributed by atoms with Crippen LogP contribution >= 0.6 is 11.8 Å². The Morgan fingerprint density at radius 1 is 0.926 bits per heavy atom. The van der Waals surface area contributed by atoms with Gasteiger partial charge in [0.05, 0.1) is 25.1 Å². The summed E-state index contributed by atoms with van der Waals surface area (Å²) in [5, 5.41) is 39.0. The molecule has 2 aromatic rings. The molecule has 0 spiro atoms. The van der Waals surface area contributed by atoms with Gasteiger partial charge in [-0.1, -0.05) is 30.3 Å². The van der Waals surface area contributed by atoms with E-state index in [2.05, 4.69) is 0 Å². The second-order valence-corrected chi connectivity index (χ2v) is 7.79. The van der Waals surface area contributed by atoms with Crippen LogP contribution in [0.15, 0.2) is 48.5 Å². The van der Waals surface area contributed by atoms with Gasteiger partial charge in [0, 0.05) is 6.42 Å². The van der Waals surface area contributed by atoms with Gasteiger partial charge in [0.25, 0.3) is 0 Å². The fourth-order valence-electron chi connectivity index (χ4n) is 3.02. The summed E-state index contributed by atoms with van der Waals surface area (Å²) in [6.07, 6.45) is -3.21. The summed E-state index contributed by atoms with van der Waals surface area (Å²) in [7, 11) is 1.62. The van der Waals surface area contributed by atoms with E-state index in [0.717, 1.165) is 28.6 Å². The van der Waals surface area contributed by atoms with Crippen molar-refractivity contribution in [1.82, 2.24) is 0 Å². The van der Waals surface area contributed by atoms with Crippen LogP contribution in [0.2, 0.25) is 0 Å². The van der Waals surface area contributed by atoms with E-state index in [0.29, 0.717) is 12.2 Å². The first-order valence-corrected chi connectivity index (χ1v) is 9.65. The summed E-state index contributed by atoms with van der Waals surface area (Å²) >= 11 is 1.12. The molecule has 6 nitrogen and oxygen atoms in total. The lowest BCUT2D eigenvalue weighted by Crippen LogP contribution is -2.55. The number of rotatable bonds is 6. The third-order valence-corrected chi connectivity index (χ3v) is 6.04. The van der Waals surface area contributed by atoms with Crippen LogP contribution in [0.5, 0.6) is 11.5 Å². The van der Waals surface area contributed by atoms with Crippen molar-refractivity contribution in [3.63, 3.8) is 0 Å². The highest BCUT2D eigenvalue weighted by Crippen LogP contribution is 2.35. The van der Waals surface area contributed by atoms with Gasteiger partial charge in [-0.3, -0.25) is 0 Å². The number of ether oxygens (including phenoxy) is 2. The topological polar surface area (TPSA) is 99.4 Å². The fourth-order valence-corrected chi connectivity index (χ4v) is 4.25. The third kappa shape index (κ3) is 4.56. The first-order valence-electron chi connectivity index (χ1n) is 8.71. The van der Waals surface area contributed by atoms with Gasteiger partial charge in [-0.25, -0.2) is 0 Å². The number of benzene rings is 2. The first kappa shape index (κ1) is 20.0. The number of aliphatic hydroxyl groups excluding tert-OH is 4. The van der Waals surface area contributed by atoms with E-state index >= 15 is 0 Å². The van der Waals surface area contributed by atoms with Crippen LogP contribution in [-0.4, -0.2) is 63.1 Å². The Labute approximate surface area is 162 Å². The van der Waals surface area contributed by atoms with E-state index in [1.165, 1.54) is 0 Å². The van der Waals surface area contributed by atoms with Crippen molar-refractivity contribution < 1.29 is 29.9 Å². The Hall–Kier alpha value is -1.77. The maximum absolute atomic E-state index is 10.3. The van der Waals surface area contributed by atoms with Crippen LogP contribution in [0.3, 0.4) is 0 Å². The molecule has 0 amide bonds. The molecule has 5 atom stereocenters. The molecule has 0 aliphatic carbocycles. The molecule has 2 aromatic carbocycles. The lowest BCUT2D eigenvalue weighted by Gasteiger charge is -2.39. The highest BCUT2D eigenvalue weighted by molar-refractivity contribution is 8.00. The largest absolute Gasteiger partial charge is 0.497 e. The Bertz CT molecular complexity index is 736. The lowest BCUT2D eigenvalue weighted by molar-refractivity contribution is -0.0910. The summed E-state index contributed by atoms with van der Waals surface area (Å²) in [5.74, 6) is 1.37. The number of hydrogen-bond acceptors (Lipinski definition) is 7. The van der Waals surface area contributed by atoms with Gasteiger partial charge in [0.2, 0.25) is 0 Å². The minimum atomic E-state index is -1.37. The van der Waals surface area contributed by atoms with Gasteiger partial charge in [-0.2, -0.15) is 0 Å². The van der Waals surface area contributed by atoms with Crippen molar-refractivity contribution >= 4 is 11.8 Å². The Morgan fingerprint density at radius 3 is 2.30 bits per heavy atom. The average molecular weight is 392 g/mol. The lowest BCUT2D eigenvalue weighted by atomic mass is 10.0. The number of methoxy groups -OCH3 is 1. The standard InChI is InChI=1S/C20H24O6S/c1-25-14-8-6-12(7-9-14)10-13-4-2-3-5-15(13)26-20-19(24)18(23)17(22)16(11-21)27-20/h2-9,16-24H,10-11H2,1H3/t16-,17+,18-,19+,20-/m0/s1. The van der Waals surface area contributed by atoms with Crippen LogP contribution in [0, 0.1) is 0 Å². The van der Waals surface area contributed by atoms with Crippen LogP contribution in [0.25, 0.3) is 0 Å². The monoisotopic (exact) mass is 392 g/mol. The van der Waals surface area contributed by atoms with Crippen LogP contribution in [0.4, 0.5) is 0 Å². The fraction of sp³-hybridized carbons (Fsp3) is 0.400. The minimum absolute atomic E-state index is 0.316. The van der Waals surface area contributed by atoms with Crippen molar-refractivity contribution in [2.24, 2.45) is 0 Å². The normalized spacial score (nSPS) is 28.0. The Kier molecular flexibility index (Phi) is 6.62. The van der Waals surface area contributed by atoms with E-state index in [9.17, 15) is 20.4 Å². The molecule has 0 radical (unpaired) electrons. The van der Waals surface area contributed by atoms with E-state index in [-0.39, 0.29) is 6.61 Å². The van der Waals surface area contributed by atoms with Gasteiger partial charge in [-0.05, 0) is 29.3 Å². The zero-order chi connectivity index (χ0) is 19.4. The maximum Gasteiger partial charge on any atom is 0.173 e. The molecule has 146 valence electrons. The molecule has 0 saturated carbocycles. The Balaban J connectivity index is 1.77. The van der Waals surface area contributed by atoms with Crippen LogP contribution in [0.1, 0.15) is 11.1 Å². The molecule has 1 aliphatic heterocycles. The molecule has 0 bridgehead atoms. The number of thioether (sulfide) groups is 1. The molecule has 27 heavy (non-hydrogen) atoms. The van der Waals surface area contributed by atoms with Crippen molar-refractivity contribution in [3.05, 3.63) is 59.7 Å². The number of para-hydroxylation sites is 1. The third-order valence-electron chi connectivity index (χ3n) is 4.62. The van der Waals surface area contributed by atoms with Crippen LogP contribution < -0.4 is 9.47 Å². The van der Waals surface area contributed by atoms with E-state index < -0.39 is 29.0 Å². The van der Waals surface area contributed by atoms with Gasteiger partial charge in [0.1, 0.15) is 23.7 Å². The number of aliphatic hydroxyl groups is 4. The SMILES string of the molecule is COc1ccc(Cc2ccccc2O[C@H]2S[C@@H](CO)[C@@H](O)[C@H](O)[C@H]2O)cc1. The molecule has 3 rings (SSSR count). The predicted molar refractivity (Wildman–Crippen MR) is 103 cm³/mol. The average Bonchev–Trinajstić information content (AvgIpc) is 2.70. The van der Waals surface area contributed by atoms with Gasteiger partial charge in [-0.15, -0.1) is 11.8 Å². The molecule has 0 aromatic heterocycles. The zero-order valence-electron chi connectivity index (χ0n) is 14.9. The quantitative estimate of drug-likeness (QED) is 0.586. The van der Waals surface area contributed by atoms with Gasteiger partial charge >= 0.3 is 0 Å². The first-order chi connectivity index (χ1) is 13.0. The Morgan fingerprint density at radius 2 is 1.63 bits per heavy atom. The summed E-state index contributed by atoms with van der Waals surface area (Å²) in [6.45, 7) is -0.316. The van der Waals surface area contributed by atoms with Crippen molar-refractivity contribution in [2.45, 2.75) is 35.4 Å². The van der Waals surface area contributed by atoms with Crippen molar-refractivity contribution in [3.8, 4) is 11.5 Å². The van der Waals surface area contributed by atoms with E-state index in [1.807, 2.05) is 42.5 Å². The molecule has 1 aliphatic rings. The molecule has 1 saturated heterocycles. The maximum atomic E-state index is 10.3. The summed E-state index contributed by atoms with van der Waals surface area (Å²) < 4.78 is 11.1. The molecule has 0 unspecified atom stereocenters. The highest BCUT2D eigenvalue weighted by atomic mass is 32.2. The highest BCUT2D eigenvalue weighted by Gasteiger charge is 2.44. The van der Waals surface area contributed by atoms with Crippen LogP contribution in [-0.2, 0) is 6.42 Å². The van der Waals surface area contributed by atoms with Crippen molar-refractivity contribution in [2.75, 3.05) is 13.7 Å². The van der Waals surface area contributed by atoms with Crippen molar-refractivity contribution in [1.29, 1.82) is 0 Å². The molecule has 1 heterocycles. The molecular formula is C20H24O6S. The zero-order valence-corrected chi connectivity index (χ0v) is 15.7. The number of hydrogen-bond donors (Lipinski definition) is 4.